The summed E-state index contributed by atoms with van der Waals surface area (Å²) in [6.07, 6.45) is 0. The van der Waals surface area contributed by atoms with Gasteiger partial charge in [0, 0.05) is 38.6 Å². The van der Waals surface area contributed by atoms with Gasteiger partial charge in [-0.15, -0.1) is 0 Å². The molecule has 0 radical (unpaired) electrons. The normalized spacial score (nSPS) is 11.5. The van der Waals surface area contributed by atoms with E-state index in [2.05, 4.69) is 246 Å². The number of anilines is 3. The number of furan rings is 1. The van der Waals surface area contributed by atoms with Crippen molar-refractivity contribution in [2.24, 2.45) is 0 Å². The van der Waals surface area contributed by atoms with Crippen LogP contribution in [0, 0.1) is 0 Å². The molecule has 0 fully saturated rings. The van der Waals surface area contributed by atoms with Crippen LogP contribution in [-0.4, -0.2) is 4.57 Å². The summed E-state index contributed by atoms with van der Waals surface area (Å²) in [7, 11) is 0. The SMILES string of the molecule is c1ccc(-c2ccc(-c3ccc(N(c4ccc(-c5ccccc5)cc4)c4cccc(-c5cccc6c5c5ccccc5n6-c5cccc6c5oc5ccccc56)c4)cc3)cc2)cc1. The third kappa shape index (κ3) is 6.38. The minimum absolute atomic E-state index is 0.887. The topological polar surface area (TPSA) is 21.3 Å². The molecule has 0 aliphatic carbocycles. The minimum Gasteiger partial charge on any atom is -0.454 e. The van der Waals surface area contributed by atoms with Gasteiger partial charge < -0.3 is 13.9 Å². The number of benzene rings is 10. The van der Waals surface area contributed by atoms with Crippen molar-refractivity contribution in [3.63, 3.8) is 0 Å². The van der Waals surface area contributed by atoms with Gasteiger partial charge in [0.05, 0.1) is 16.7 Å². The van der Waals surface area contributed by atoms with Crippen LogP contribution < -0.4 is 4.90 Å². The predicted molar refractivity (Wildman–Crippen MR) is 264 cm³/mol. The number of hydrogen-bond donors (Lipinski definition) is 0. The molecule has 3 heteroatoms. The van der Waals surface area contributed by atoms with Crippen LogP contribution in [0.3, 0.4) is 0 Å². The fourth-order valence-electron chi connectivity index (χ4n) is 9.41. The molecule has 10 aromatic carbocycles. The number of hydrogen-bond acceptors (Lipinski definition) is 2. The molecule has 0 aliphatic heterocycles. The van der Waals surface area contributed by atoms with Crippen molar-refractivity contribution >= 4 is 60.8 Å². The number of para-hydroxylation sites is 3. The van der Waals surface area contributed by atoms with Crippen molar-refractivity contribution in [1.29, 1.82) is 0 Å². The van der Waals surface area contributed by atoms with E-state index in [9.17, 15) is 0 Å². The lowest BCUT2D eigenvalue weighted by molar-refractivity contribution is 0.666. The fraction of sp³-hybridized carbons (Fsp3) is 0. The van der Waals surface area contributed by atoms with E-state index in [0.29, 0.717) is 0 Å². The van der Waals surface area contributed by atoms with Crippen LogP contribution in [0.15, 0.2) is 247 Å². The van der Waals surface area contributed by atoms with Crippen LogP contribution in [0.5, 0.6) is 0 Å². The molecule has 0 amide bonds. The first-order chi connectivity index (χ1) is 31.2. The second-order valence-corrected chi connectivity index (χ2v) is 16.1. The molecule has 0 spiro atoms. The summed E-state index contributed by atoms with van der Waals surface area (Å²) in [6, 6.07) is 87.0. The van der Waals surface area contributed by atoms with E-state index in [4.69, 9.17) is 4.42 Å². The summed E-state index contributed by atoms with van der Waals surface area (Å²) in [5, 5.41) is 4.64. The Kier molecular flexibility index (Phi) is 8.83. The van der Waals surface area contributed by atoms with Crippen molar-refractivity contribution in [1.82, 2.24) is 4.57 Å². The van der Waals surface area contributed by atoms with Crippen LogP contribution in [0.2, 0.25) is 0 Å². The summed E-state index contributed by atoms with van der Waals surface area (Å²) in [5.41, 5.74) is 17.8. The fourth-order valence-corrected chi connectivity index (χ4v) is 9.41. The summed E-state index contributed by atoms with van der Waals surface area (Å²) in [6.45, 7) is 0. The van der Waals surface area contributed by atoms with Crippen molar-refractivity contribution in [2.45, 2.75) is 0 Å². The van der Waals surface area contributed by atoms with E-state index >= 15 is 0 Å². The van der Waals surface area contributed by atoms with Gasteiger partial charge in [-0.2, -0.15) is 0 Å². The molecule has 2 aromatic heterocycles. The lowest BCUT2D eigenvalue weighted by Crippen LogP contribution is -2.10. The van der Waals surface area contributed by atoms with E-state index < -0.39 is 0 Å². The van der Waals surface area contributed by atoms with E-state index in [1.807, 2.05) is 6.07 Å². The Morgan fingerprint density at radius 1 is 0.317 bits per heavy atom. The van der Waals surface area contributed by atoms with Crippen molar-refractivity contribution < 1.29 is 4.42 Å². The molecule has 0 unspecified atom stereocenters. The summed E-state index contributed by atoms with van der Waals surface area (Å²) in [4.78, 5) is 2.37. The molecule has 0 N–H and O–H groups in total. The van der Waals surface area contributed by atoms with E-state index in [-0.39, 0.29) is 0 Å². The Labute approximate surface area is 366 Å². The van der Waals surface area contributed by atoms with Gasteiger partial charge in [-0.1, -0.05) is 182 Å². The molecule has 296 valence electrons. The molecule has 12 rings (SSSR count). The molecule has 0 atom stereocenters. The second kappa shape index (κ2) is 15.3. The Morgan fingerprint density at radius 3 is 1.44 bits per heavy atom. The average molecular weight is 805 g/mol. The standard InChI is InChI=1S/C60H40N2O/c1-3-14-41(15-4-1)43-28-30-44(31-29-43)46-34-38-49(39-35-46)61(48-36-32-45(33-37-48)42-16-5-2-6-17-42)50-19-11-18-47(40-50)51-22-12-25-56-59(51)54-21-7-9-24-55(54)62(56)57-26-13-23-53-52-20-8-10-27-58(52)63-60(53)57/h1-40H. The van der Waals surface area contributed by atoms with Gasteiger partial charge in [0.2, 0.25) is 0 Å². The lowest BCUT2D eigenvalue weighted by Gasteiger charge is -2.26. The van der Waals surface area contributed by atoms with Gasteiger partial charge in [0.25, 0.3) is 0 Å². The zero-order valence-electron chi connectivity index (χ0n) is 34.4. The minimum atomic E-state index is 0.887. The Hall–Kier alpha value is -8.40. The number of aromatic nitrogens is 1. The van der Waals surface area contributed by atoms with Gasteiger partial charge in [0.15, 0.2) is 5.58 Å². The molecule has 0 saturated carbocycles. The van der Waals surface area contributed by atoms with Crippen LogP contribution in [0.25, 0.3) is 93.9 Å². The Morgan fingerprint density at radius 2 is 0.794 bits per heavy atom. The molecular formula is C60H40N2O. The van der Waals surface area contributed by atoms with E-state index in [1.54, 1.807) is 0 Å². The first-order valence-electron chi connectivity index (χ1n) is 21.5. The zero-order valence-corrected chi connectivity index (χ0v) is 34.4. The molecule has 12 aromatic rings. The third-order valence-corrected chi connectivity index (χ3v) is 12.4. The third-order valence-electron chi connectivity index (χ3n) is 12.4. The second-order valence-electron chi connectivity index (χ2n) is 16.1. The summed E-state index contributed by atoms with van der Waals surface area (Å²) in [5.74, 6) is 0. The summed E-state index contributed by atoms with van der Waals surface area (Å²) < 4.78 is 8.98. The molecule has 2 heterocycles. The largest absolute Gasteiger partial charge is 0.454 e. The highest BCUT2D eigenvalue weighted by Crippen LogP contribution is 2.44. The highest BCUT2D eigenvalue weighted by Gasteiger charge is 2.21. The number of nitrogens with zero attached hydrogens (tertiary/aromatic N) is 2. The van der Waals surface area contributed by atoms with Crippen LogP contribution in [0.1, 0.15) is 0 Å². The van der Waals surface area contributed by atoms with Gasteiger partial charge in [-0.25, -0.2) is 0 Å². The molecule has 0 aliphatic rings. The highest BCUT2D eigenvalue weighted by atomic mass is 16.3. The quantitative estimate of drug-likeness (QED) is 0.153. The first-order valence-corrected chi connectivity index (χ1v) is 21.5. The molecule has 0 saturated heterocycles. The zero-order chi connectivity index (χ0) is 41.7. The maximum atomic E-state index is 6.61. The van der Waals surface area contributed by atoms with Gasteiger partial charge >= 0.3 is 0 Å². The monoisotopic (exact) mass is 804 g/mol. The van der Waals surface area contributed by atoms with Crippen molar-refractivity contribution in [2.75, 3.05) is 4.90 Å². The van der Waals surface area contributed by atoms with Crippen molar-refractivity contribution in [3.8, 4) is 50.2 Å². The van der Waals surface area contributed by atoms with Crippen LogP contribution in [-0.2, 0) is 0 Å². The highest BCUT2D eigenvalue weighted by molar-refractivity contribution is 6.17. The van der Waals surface area contributed by atoms with Crippen LogP contribution in [0.4, 0.5) is 17.1 Å². The maximum absolute atomic E-state index is 6.61. The Bertz CT molecular complexity index is 3580. The van der Waals surface area contributed by atoms with Crippen LogP contribution >= 0.6 is 0 Å². The smallest absolute Gasteiger partial charge is 0.159 e. The average Bonchev–Trinajstić information content (AvgIpc) is 3.92. The first kappa shape index (κ1) is 36.5. The van der Waals surface area contributed by atoms with E-state index in [0.717, 1.165) is 61.3 Å². The van der Waals surface area contributed by atoms with E-state index in [1.165, 1.54) is 49.7 Å². The molecule has 0 bridgehead atoms. The van der Waals surface area contributed by atoms with Gasteiger partial charge in [0.1, 0.15) is 5.58 Å². The van der Waals surface area contributed by atoms with Gasteiger partial charge in [-0.05, 0) is 105 Å². The Balaban J connectivity index is 0.979. The predicted octanol–water partition coefficient (Wildman–Crippen LogP) is 16.8. The molecular weight excluding hydrogens is 765 g/mol. The lowest BCUT2D eigenvalue weighted by atomic mass is 9.98. The summed E-state index contributed by atoms with van der Waals surface area (Å²) >= 11 is 0. The molecule has 63 heavy (non-hydrogen) atoms. The van der Waals surface area contributed by atoms with Crippen molar-refractivity contribution in [3.05, 3.63) is 243 Å². The molecule has 3 nitrogen and oxygen atoms in total. The number of rotatable bonds is 8. The number of fused-ring (bicyclic) bond motifs is 6. The van der Waals surface area contributed by atoms with Gasteiger partial charge in [-0.3, -0.25) is 0 Å². The maximum Gasteiger partial charge on any atom is 0.159 e.